The standard InChI is InChI=1S/C34H35FN4O5S/c1-3-32(40)30-21-25(10-15-31(30)35)37-34(41)39(26-7-5-4-6-8-26)27-17-19-38(20-18-27)23-24-9-16-33(36-22-24)44-28-11-13-29(14-12-28)45(2,42)43/h4-16,21-22,27H,3,17-20,23H2,1-2H3,(H,37,41). The Kier molecular flexibility index (Phi) is 9.90. The van der Waals surface area contributed by atoms with Crippen LogP contribution in [0.15, 0.2) is 96.0 Å². The van der Waals surface area contributed by atoms with Gasteiger partial charge in [0.1, 0.15) is 11.6 Å². The zero-order valence-corrected chi connectivity index (χ0v) is 26.0. The van der Waals surface area contributed by atoms with Crippen molar-refractivity contribution in [3.05, 3.63) is 108 Å². The van der Waals surface area contributed by atoms with Crippen molar-refractivity contribution in [1.29, 1.82) is 0 Å². The van der Waals surface area contributed by atoms with E-state index in [9.17, 15) is 22.4 Å². The number of anilines is 2. The molecule has 2 heterocycles. The van der Waals surface area contributed by atoms with E-state index in [2.05, 4.69) is 15.2 Å². The summed E-state index contributed by atoms with van der Waals surface area (Å²) in [7, 11) is -3.28. The summed E-state index contributed by atoms with van der Waals surface area (Å²) in [4.78, 5) is 34.5. The highest BCUT2D eigenvalue weighted by molar-refractivity contribution is 7.90. The molecule has 45 heavy (non-hydrogen) atoms. The van der Waals surface area contributed by atoms with Crippen molar-refractivity contribution in [3.63, 3.8) is 0 Å². The number of ketones is 1. The SMILES string of the molecule is CCC(=O)c1cc(NC(=O)N(c2ccccc2)C2CCN(Cc3ccc(Oc4ccc(S(C)(=O)=O)cc4)nc3)CC2)ccc1F. The molecule has 3 aromatic carbocycles. The Morgan fingerprint density at radius 3 is 2.33 bits per heavy atom. The third-order valence-electron chi connectivity index (χ3n) is 7.69. The summed E-state index contributed by atoms with van der Waals surface area (Å²) in [5.41, 5.74) is 2.10. The lowest BCUT2D eigenvalue weighted by molar-refractivity contribution is 0.0984. The van der Waals surface area contributed by atoms with E-state index in [1.165, 1.54) is 30.3 Å². The quantitative estimate of drug-likeness (QED) is 0.194. The number of nitrogens with one attached hydrogen (secondary N) is 1. The number of nitrogens with zero attached hydrogens (tertiary/aromatic N) is 3. The Hall–Kier alpha value is -4.61. The van der Waals surface area contributed by atoms with Crippen LogP contribution in [0.4, 0.5) is 20.6 Å². The highest BCUT2D eigenvalue weighted by Gasteiger charge is 2.29. The number of Topliss-reactive ketones (excluding diaryl/α,β-unsaturated/α-hetero) is 1. The highest BCUT2D eigenvalue weighted by atomic mass is 32.2. The van der Waals surface area contributed by atoms with Gasteiger partial charge in [-0.3, -0.25) is 14.6 Å². The second-order valence-electron chi connectivity index (χ2n) is 11.0. The van der Waals surface area contributed by atoms with Gasteiger partial charge in [-0.1, -0.05) is 31.2 Å². The molecule has 234 valence electrons. The molecule has 1 aromatic heterocycles. The van der Waals surface area contributed by atoms with Gasteiger partial charge in [0, 0.05) is 62.0 Å². The van der Waals surface area contributed by atoms with E-state index in [1.807, 2.05) is 36.4 Å². The highest BCUT2D eigenvalue weighted by Crippen LogP contribution is 2.27. The lowest BCUT2D eigenvalue weighted by atomic mass is 10.0. The minimum atomic E-state index is -3.28. The summed E-state index contributed by atoms with van der Waals surface area (Å²) in [6.45, 7) is 3.88. The fourth-order valence-corrected chi connectivity index (χ4v) is 5.94. The van der Waals surface area contributed by atoms with Crippen LogP contribution in [0.2, 0.25) is 0 Å². The number of para-hydroxylation sites is 1. The second kappa shape index (κ2) is 14.0. The van der Waals surface area contributed by atoms with Crippen LogP contribution >= 0.6 is 0 Å². The molecule has 0 unspecified atom stereocenters. The average molecular weight is 631 g/mol. The van der Waals surface area contributed by atoms with Crippen molar-refractivity contribution in [1.82, 2.24) is 9.88 Å². The zero-order valence-electron chi connectivity index (χ0n) is 25.1. The van der Waals surface area contributed by atoms with Gasteiger partial charge in [-0.15, -0.1) is 0 Å². The molecule has 1 fully saturated rings. The van der Waals surface area contributed by atoms with Crippen LogP contribution in [0, 0.1) is 5.82 Å². The van der Waals surface area contributed by atoms with Gasteiger partial charge in [0.25, 0.3) is 0 Å². The second-order valence-corrected chi connectivity index (χ2v) is 13.0. The minimum Gasteiger partial charge on any atom is -0.439 e. The molecule has 0 atom stereocenters. The largest absolute Gasteiger partial charge is 0.439 e. The van der Waals surface area contributed by atoms with Crippen LogP contribution in [0.3, 0.4) is 0 Å². The Labute approximate surface area is 262 Å². The van der Waals surface area contributed by atoms with E-state index < -0.39 is 15.7 Å². The van der Waals surface area contributed by atoms with Gasteiger partial charge in [0.15, 0.2) is 15.6 Å². The number of likely N-dealkylation sites (tertiary alicyclic amines) is 1. The minimum absolute atomic E-state index is 0.0350. The molecule has 0 saturated carbocycles. The number of benzene rings is 3. The van der Waals surface area contributed by atoms with Gasteiger partial charge in [-0.2, -0.15) is 0 Å². The van der Waals surface area contributed by atoms with E-state index in [-0.39, 0.29) is 34.7 Å². The zero-order chi connectivity index (χ0) is 32.0. The number of hydrogen-bond donors (Lipinski definition) is 1. The molecule has 1 aliphatic heterocycles. The predicted octanol–water partition coefficient (Wildman–Crippen LogP) is 6.71. The van der Waals surface area contributed by atoms with E-state index in [4.69, 9.17) is 4.74 Å². The van der Waals surface area contributed by atoms with Crippen LogP contribution in [0.1, 0.15) is 42.1 Å². The molecule has 1 aliphatic rings. The molecule has 0 aliphatic carbocycles. The van der Waals surface area contributed by atoms with Gasteiger partial charge in [0.05, 0.1) is 10.5 Å². The molecular weight excluding hydrogens is 595 g/mol. The van der Waals surface area contributed by atoms with E-state index in [0.29, 0.717) is 23.9 Å². The van der Waals surface area contributed by atoms with Crippen molar-refractivity contribution in [2.75, 3.05) is 29.6 Å². The third-order valence-corrected chi connectivity index (χ3v) is 8.82. The fourth-order valence-electron chi connectivity index (χ4n) is 5.31. The number of amides is 2. The molecule has 9 nitrogen and oxygen atoms in total. The maximum absolute atomic E-state index is 14.2. The molecule has 4 aromatic rings. The lowest BCUT2D eigenvalue weighted by Crippen LogP contribution is -2.49. The number of urea groups is 1. The Balaban J connectivity index is 1.20. The summed E-state index contributed by atoms with van der Waals surface area (Å²) in [5, 5.41) is 2.87. The number of carbonyl (C=O) groups is 2. The fraction of sp³-hybridized carbons (Fsp3) is 0.265. The van der Waals surface area contributed by atoms with Gasteiger partial charge >= 0.3 is 6.03 Å². The van der Waals surface area contributed by atoms with Gasteiger partial charge in [-0.05, 0) is 73.0 Å². The number of carbonyl (C=O) groups excluding carboxylic acids is 2. The molecule has 0 spiro atoms. The molecule has 1 N–H and O–H groups in total. The summed E-state index contributed by atoms with van der Waals surface area (Å²) in [6, 6.07) is 23.0. The summed E-state index contributed by atoms with van der Waals surface area (Å²) >= 11 is 0. The van der Waals surface area contributed by atoms with E-state index in [0.717, 1.165) is 43.4 Å². The monoisotopic (exact) mass is 630 g/mol. The van der Waals surface area contributed by atoms with Gasteiger partial charge in [0.2, 0.25) is 5.88 Å². The topological polar surface area (TPSA) is 109 Å². The maximum Gasteiger partial charge on any atom is 0.326 e. The first-order valence-electron chi connectivity index (χ1n) is 14.7. The Bertz CT molecular complexity index is 1740. The number of rotatable bonds is 10. The summed E-state index contributed by atoms with van der Waals surface area (Å²) < 4.78 is 43.3. The number of aromatic nitrogens is 1. The van der Waals surface area contributed by atoms with Gasteiger partial charge in [-0.25, -0.2) is 22.6 Å². The number of piperidine rings is 1. The first-order valence-corrected chi connectivity index (χ1v) is 16.6. The summed E-state index contributed by atoms with van der Waals surface area (Å²) in [5.74, 6) is -0.0346. The number of ether oxygens (including phenoxy) is 1. The maximum atomic E-state index is 14.2. The number of sulfone groups is 1. The lowest BCUT2D eigenvalue weighted by Gasteiger charge is -2.38. The molecule has 11 heteroatoms. The molecule has 1 saturated heterocycles. The average Bonchev–Trinajstić information content (AvgIpc) is 3.04. The molecule has 0 bridgehead atoms. The Morgan fingerprint density at radius 2 is 1.71 bits per heavy atom. The van der Waals surface area contributed by atoms with Crippen LogP contribution < -0.4 is 15.0 Å². The van der Waals surface area contributed by atoms with Crippen LogP contribution in [-0.4, -0.2) is 55.5 Å². The van der Waals surface area contributed by atoms with Gasteiger partial charge < -0.3 is 10.1 Å². The first-order chi connectivity index (χ1) is 21.6. The Morgan fingerprint density at radius 1 is 1.00 bits per heavy atom. The summed E-state index contributed by atoms with van der Waals surface area (Å²) in [6.07, 6.45) is 4.56. The van der Waals surface area contributed by atoms with Crippen molar-refractivity contribution in [2.45, 2.75) is 43.7 Å². The number of pyridine rings is 1. The molecule has 2 amide bonds. The van der Waals surface area contributed by atoms with Crippen LogP contribution in [0.5, 0.6) is 11.6 Å². The first kappa shape index (κ1) is 31.8. The number of hydrogen-bond acceptors (Lipinski definition) is 7. The normalized spacial score (nSPS) is 14.1. The van der Waals surface area contributed by atoms with E-state index >= 15 is 0 Å². The van der Waals surface area contributed by atoms with Crippen LogP contribution in [0.25, 0.3) is 0 Å². The smallest absolute Gasteiger partial charge is 0.326 e. The predicted molar refractivity (Wildman–Crippen MR) is 171 cm³/mol. The van der Waals surface area contributed by atoms with Crippen molar-refractivity contribution in [3.8, 4) is 11.6 Å². The third kappa shape index (κ3) is 8.11. The van der Waals surface area contributed by atoms with Crippen molar-refractivity contribution >= 4 is 33.0 Å². The molecule has 5 rings (SSSR count). The molecule has 0 radical (unpaired) electrons. The van der Waals surface area contributed by atoms with Crippen molar-refractivity contribution in [2.24, 2.45) is 0 Å². The molecular formula is C34H35FN4O5S. The van der Waals surface area contributed by atoms with Crippen LogP contribution in [-0.2, 0) is 16.4 Å². The number of halogens is 1. The van der Waals surface area contributed by atoms with E-state index in [1.54, 1.807) is 36.2 Å². The van der Waals surface area contributed by atoms with Crippen molar-refractivity contribution < 1.29 is 27.1 Å².